The quantitative estimate of drug-likeness (QED) is 0.786. The minimum Gasteiger partial charge on any atom is -0.408 e. The Hall–Kier alpha value is -2.12. The van der Waals surface area contributed by atoms with Crippen molar-refractivity contribution in [3.63, 3.8) is 0 Å². The maximum absolute atomic E-state index is 13.3. The van der Waals surface area contributed by atoms with Crippen LogP contribution >= 0.6 is 0 Å². The number of ether oxygens (including phenoxy) is 1. The highest BCUT2D eigenvalue weighted by atomic mass is 19.4. The monoisotopic (exact) mass is 361 g/mol. The zero-order valence-electron chi connectivity index (χ0n) is 15.4. The molecule has 8 heteroatoms. The van der Waals surface area contributed by atoms with Crippen molar-refractivity contribution in [2.75, 3.05) is 24.2 Å². The Balaban J connectivity index is 3.26. The van der Waals surface area contributed by atoms with Crippen LogP contribution < -0.4 is 20.7 Å². The number of hydrogen-bond donors (Lipinski definition) is 2. The van der Waals surface area contributed by atoms with E-state index in [9.17, 15) is 18.0 Å². The summed E-state index contributed by atoms with van der Waals surface area (Å²) in [7, 11) is 1.56. The third-order valence-electron chi connectivity index (χ3n) is 3.16. The van der Waals surface area contributed by atoms with Gasteiger partial charge >= 0.3 is 12.3 Å². The number of carbonyl (C=O) groups excluding carboxylic acids is 1. The summed E-state index contributed by atoms with van der Waals surface area (Å²) in [4.78, 5) is 13.4. The van der Waals surface area contributed by atoms with E-state index in [0.717, 1.165) is 12.1 Å². The number of anilines is 2. The number of nitrogens with two attached hydrogens (primary N) is 1. The fourth-order valence-electron chi connectivity index (χ4n) is 2.29. The second-order valence-corrected chi connectivity index (χ2v) is 7.44. The van der Waals surface area contributed by atoms with E-state index in [0.29, 0.717) is 6.54 Å². The van der Waals surface area contributed by atoms with Gasteiger partial charge in [-0.2, -0.15) is 13.2 Å². The summed E-state index contributed by atoms with van der Waals surface area (Å²) in [5.41, 5.74) is 3.93. The molecule has 0 radical (unpaired) electrons. The van der Waals surface area contributed by atoms with E-state index in [2.05, 4.69) is 5.32 Å². The SMILES string of the molecule is CC(C)CN(C)c1cc(OC(=O)NC(C)(C)C)c(N)cc1C(F)(F)F. The van der Waals surface area contributed by atoms with Gasteiger partial charge in [-0.1, -0.05) is 13.8 Å². The number of hydrogen-bond acceptors (Lipinski definition) is 4. The third-order valence-corrected chi connectivity index (χ3v) is 3.16. The van der Waals surface area contributed by atoms with E-state index in [-0.39, 0.29) is 23.0 Å². The number of amides is 1. The summed E-state index contributed by atoms with van der Waals surface area (Å²) in [6, 6.07) is 1.95. The lowest BCUT2D eigenvalue weighted by Crippen LogP contribution is -2.42. The maximum Gasteiger partial charge on any atom is 0.418 e. The first-order valence-corrected chi connectivity index (χ1v) is 7.92. The molecule has 3 N–H and O–H groups in total. The van der Waals surface area contributed by atoms with Crippen molar-refractivity contribution in [3.05, 3.63) is 17.7 Å². The summed E-state index contributed by atoms with van der Waals surface area (Å²) in [6.07, 6.45) is -5.35. The molecule has 1 rings (SSSR count). The topological polar surface area (TPSA) is 67.6 Å². The fourth-order valence-corrected chi connectivity index (χ4v) is 2.29. The summed E-state index contributed by atoms with van der Waals surface area (Å²) in [5, 5.41) is 2.57. The van der Waals surface area contributed by atoms with Crippen LogP contribution in [0.5, 0.6) is 5.75 Å². The Kier molecular flexibility index (Phi) is 6.20. The van der Waals surface area contributed by atoms with Gasteiger partial charge in [0.15, 0.2) is 5.75 Å². The predicted octanol–water partition coefficient (Wildman–Crippen LogP) is 4.27. The van der Waals surface area contributed by atoms with Crippen molar-refractivity contribution >= 4 is 17.5 Å². The average molecular weight is 361 g/mol. The first kappa shape index (κ1) is 20.9. The molecule has 0 aromatic heterocycles. The summed E-state index contributed by atoms with van der Waals surface area (Å²) in [5.74, 6) is 0.0394. The van der Waals surface area contributed by atoms with Crippen molar-refractivity contribution in [2.45, 2.75) is 46.3 Å². The molecule has 0 saturated carbocycles. The van der Waals surface area contributed by atoms with Crippen molar-refractivity contribution in [1.29, 1.82) is 0 Å². The number of nitrogens with zero attached hydrogens (tertiary/aromatic N) is 1. The summed E-state index contributed by atoms with van der Waals surface area (Å²) < 4.78 is 45.1. The van der Waals surface area contributed by atoms with Gasteiger partial charge in [0.05, 0.1) is 16.9 Å². The van der Waals surface area contributed by atoms with Gasteiger partial charge in [0.2, 0.25) is 0 Å². The summed E-state index contributed by atoms with van der Waals surface area (Å²) in [6.45, 7) is 9.47. The molecule has 0 aliphatic heterocycles. The zero-order valence-corrected chi connectivity index (χ0v) is 15.4. The number of alkyl halides is 3. The molecule has 0 atom stereocenters. The van der Waals surface area contributed by atoms with E-state index in [4.69, 9.17) is 10.5 Å². The molecule has 1 amide bonds. The Morgan fingerprint density at radius 2 is 1.84 bits per heavy atom. The highest BCUT2D eigenvalue weighted by Gasteiger charge is 2.36. The van der Waals surface area contributed by atoms with E-state index < -0.39 is 23.4 Å². The van der Waals surface area contributed by atoms with Crippen molar-refractivity contribution < 1.29 is 22.7 Å². The van der Waals surface area contributed by atoms with E-state index >= 15 is 0 Å². The fraction of sp³-hybridized carbons (Fsp3) is 0.588. The van der Waals surface area contributed by atoms with Crippen molar-refractivity contribution in [1.82, 2.24) is 5.32 Å². The minimum atomic E-state index is -4.57. The van der Waals surface area contributed by atoms with Crippen LogP contribution in [0.25, 0.3) is 0 Å². The maximum atomic E-state index is 13.3. The molecule has 0 aliphatic rings. The van der Waals surface area contributed by atoms with Gasteiger partial charge in [-0.15, -0.1) is 0 Å². The van der Waals surface area contributed by atoms with Gasteiger partial charge in [-0.05, 0) is 32.8 Å². The zero-order chi connectivity index (χ0) is 19.6. The standard InChI is InChI=1S/C17H26F3N3O2/c1-10(2)9-23(6)13-8-14(25-15(24)22-16(3,4)5)12(21)7-11(13)17(18,19)20/h7-8,10H,9,21H2,1-6H3,(H,22,24). The molecular weight excluding hydrogens is 335 g/mol. The molecule has 0 saturated heterocycles. The number of benzene rings is 1. The van der Waals surface area contributed by atoms with Crippen LogP contribution in [0.2, 0.25) is 0 Å². The molecule has 0 spiro atoms. The minimum absolute atomic E-state index is 0.0889. The van der Waals surface area contributed by atoms with Crippen LogP contribution in [0.4, 0.5) is 29.3 Å². The molecule has 25 heavy (non-hydrogen) atoms. The molecule has 0 aliphatic carbocycles. The first-order valence-electron chi connectivity index (χ1n) is 7.92. The van der Waals surface area contributed by atoms with Crippen LogP contribution in [0.3, 0.4) is 0 Å². The molecule has 1 aromatic rings. The summed E-state index contributed by atoms with van der Waals surface area (Å²) >= 11 is 0. The van der Waals surface area contributed by atoms with Crippen LogP contribution in [-0.2, 0) is 6.18 Å². The lowest BCUT2D eigenvalue weighted by molar-refractivity contribution is -0.137. The van der Waals surface area contributed by atoms with E-state index in [1.54, 1.807) is 27.8 Å². The number of nitrogens with one attached hydrogen (secondary N) is 1. The highest BCUT2D eigenvalue weighted by molar-refractivity contribution is 5.76. The Bertz CT molecular complexity index is 623. The largest absolute Gasteiger partial charge is 0.418 e. The number of halogens is 3. The molecule has 0 bridgehead atoms. The van der Waals surface area contributed by atoms with Gasteiger partial charge in [0.1, 0.15) is 0 Å². The molecule has 5 nitrogen and oxygen atoms in total. The van der Waals surface area contributed by atoms with Crippen LogP contribution in [0, 0.1) is 5.92 Å². The number of nitrogen functional groups attached to an aromatic ring is 1. The van der Waals surface area contributed by atoms with E-state index in [1.165, 1.54) is 4.90 Å². The van der Waals surface area contributed by atoms with Crippen molar-refractivity contribution in [2.24, 2.45) is 5.92 Å². The van der Waals surface area contributed by atoms with Gasteiger partial charge < -0.3 is 20.7 Å². The molecule has 142 valence electrons. The number of rotatable bonds is 4. The average Bonchev–Trinajstić information content (AvgIpc) is 2.36. The van der Waals surface area contributed by atoms with Crippen LogP contribution in [-0.4, -0.2) is 25.2 Å². The van der Waals surface area contributed by atoms with Gasteiger partial charge in [0, 0.05) is 25.2 Å². The smallest absolute Gasteiger partial charge is 0.408 e. The Morgan fingerprint density at radius 1 is 1.28 bits per heavy atom. The highest BCUT2D eigenvalue weighted by Crippen LogP contribution is 2.41. The van der Waals surface area contributed by atoms with Gasteiger partial charge in [-0.3, -0.25) is 0 Å². The molecule has 0 unspecified atom stereocenters. The van der Waals surface area contributed by atoms with Crippen LogP contribution in [0.15, 0.2) is 12.1 Å². The normalized spacial score (nSPS) is 12.2. The first-order chi connectivity index (χ1) is 11.2. The Morgan fingerprint density at radius 3 is 2.28 bits per heavy atom. The second kappa shape index (κ2) is 7.41. The predicted molar refractivity (Wildman–Crippen MR) is 92.9 cm³/mol. The second-order valence-electron chi connectivity index (χ2n) is 7.44. The van der Waals surface area contributed by atoms with Crippen molar-refractivity contribution in [3.8, 4) is 5.75 Å². The molecule has 0 heterocycles. The Labute approximate surface area is 146 Å². The van der Waals surface area contributed by atoms with Crippen LogP contribution in [0.1, 0.15) is 40.2 Å². The molecule has 1 aromatic carbocycles. The number of carbonyl (C=O) groups is 1. The third kappa shape index (κ3) is 6.36. The van der Waals surface area contributed by atoms with E-state index in [1.807, 2.05) is 13.8 Å². The van der Waals surface area contributed by atoms with Gasteiger partial charge in [-0.25, -0.2) is 4.79 Å². The molecular formula is C17H26F3N3O2. The lowest BCUT2D eigenvalue weighted by Gasteiger charge is -2.26. The molecule has 0 fully saturated rings. The lowest BCUT2D eigenvalue weighted by atomic mass is 10.1. The van der Waals surface area contributed by atoms with Gasteiger partial charge in [0.25, 0.3) is 0 Å².